The van der Waals surface area contributed by atoms with E-state index in [0.29, 0.717) is 0 Å². The van der Waals surface area contributed by atoms with Crippen molar-refractivity contribution in [2.75, 3.05) is 32.7 Å². The van der Waals surface area contributed by atoms with Crippen LogP contribution in [-0.4, -0.2) is 37.6 Å². The Morgan fingerprint density at radius 1 is 0.944 bits per heavy atom. The van der Waals surface area contributed by atoms with E-state index in [9.17, 15) is 0 Å². The van der Waals surface area contributed by atoms with Gasteiger partial charge in [0.1, 0.15) is 0 Å². The zero-order valence-corrected chi connectivity index (χ0v) is 12.5. The number of rotatable bonds is 5. The van der Waals surface area contributed by atoms with Gasteiger partial charge < -0.3 is 10.2 Å². The molecule has 18 heavy (non-hydrogen) atoms. The molecular formula is C16H32N2. The molecule has 2 heteroatoms. The van der Waals surface area contributed by atoms with Gasteiger partial charge in [-0.15, -0.1) is 0 Å². The molecule has 2 fully saturated rings. The van der Waals surface area contributed by atoms with Gasteiger partial charge in [0.15, 0.2) is 0 Å². The molecule has 0 spiro atoms. The largest absolute Gasteiger partial charge is 0.317 e. The summed E-state index contributed by atoms with van der Waals surface area (Å²) in [5.41, 5.74) is 0. The summed E-state index contributed by atoms with van der Waals surface area (Å²) in [6, 6.07) is 0. The first-order valence-corrected chi connectivity index (χ1v) is 8.21. The van der Waals surface area contributed by atoms with Gasteiger partial charge in [-0.25, -0.2) is 0 Å². The van der Waals surface area contributed by atoms with Crippen LogP contribution in [0, 0.1) is 17.8 Å². The molecule has 1 N–H and O–H groups in total. The van der Waals surface area contributed by atoms with Gasteiger partial charge in [-0.05, 0) is 69.6 Å². The van der Waals surface area contributed by atoms with Crippen molar-refractivity contribution in [1.29, 1.82) is 0 Å². The van der Waals surface area contributed by atoms with Crippen molar-refractivity contribution in [2.45, 2.75) is 52.4 Å². The van der Waals surface area contributed by atoms with Crippen molar-refractivity contribution in [3.05, 3.63) is 0 Å². The van der Waals surface area contributed by atoms with Gasteiger partial charge in [-0.2, -0.15) is 0 Å². The van der Waals surface area contributed by atoms with Crippen LogP contribution in [0.4, 0.5) is 0 Å². The van der Waals surface area contributed by atoms with Crippen LogP contribution in [-0.2, 0) is 0 Å². The van der Waals surface area contributed by atoms with Crippen LogP contribution in [0.25, 0.3) is 0 Å². The lowest BCUT2D eigenvalue weighted by Crippen LogP contribution is -2.40. The Morgan fingerprint density at radius 3 is 2.22 bits per heavy atom. The molecule has 0 aromatic rings. The maximum Gasteiger partial charge on any atom is 0.000966 e. The predicted octanol–water partition coefficient (Wildman–Crippen LogP) is 3.13. The van der Waals surface area contributed by atoms with Gasteiger partial charge in [0, 0.05) is 6.54 Å². The highest BCUT2D eigenvalue weighted by molar-refractivity contribution is 4.78. The fourth-order valence-corrected chi connectivity index (χ4v) is 3.60. The van der Waals surface area contributed by atoms with Crippen molar-refractivity contribution in [3.8, 4) is 0 Å². The molecule has 2 nitrogen and oxygen atoms in total. The molecule has 0 aromatic heterocycles. The molecule has 1 aliphatic carbocycles. The van der Waals surface area contributed by atoms with Crippen LogP contribution < -0.4 is 5.32 Å². The molecule has 0 bridgehead atoms. The molecule has 2 rings (SSSR count). The van der Waals surface area contributed by atoms with Gasteiger partial charge in [0.05, 0.1) is 0 Å². The Bertz CT molecular complexity index is 213. The SMILES string of the molecule is CCNCC1CCN(CC2CCC(C)CC2)CC1. The average Bonchev–Trinajstić information content (AvgIpc) is 2.41. The van der Waals surface area contributed by atoms with Crippen molar-refractivity contribution in [1.82, 2.24) is 10.2 Å². The molecule has 1 aliphatic heterocycles. The Labute approximate surface area is 114 Å². The lowest BCUT2D eigenvalue weighted by atomic mass is 9.82. The minimum atomic E-state index is 0.938. The number of nitrogens with zero attached hydrogens (tertiary/aromatic N) is 1. The molecule has 106 valence electrons. The summed E-state index contributed by atoms with van der Waals surface area (Å²) >= 11 is 0. The van der Waals surface area contributed by atoms with Crippen LogP contribution in [0.2, 0.25) is 0 Å². The summed E-state index contributed by atoms with van der Waals surface area (Å²) in [7, 11) is 0. The fraction of sp³-hybridized carbons (Fsp3) is 1.00. The third-order valence-electron chi connectivity index (χ3n) is 5.04. The Kier molecular flexibility index (Phi) is 5.97. The molecule has 0 unspecified atom stereocenters. The smallest absolute Gasteiger partial charge is 0.000966 e. The van der Waals surface area contributed by atoms with Crippen molar-refractivity contribution >= 4 is 0 Å². The number of piperidine rings is 1. The number of hydrogen-bond donors (Lipinski definition) is 1. The van der Waals surface area contributed by atoms with Crippen molar-refractivity contribution in [3.63, 3.8) is 0 Å². The maximum absolute atomic E-state index is 3.50. The number of hydrogen-bond acceptors (Lipinski definition) is 2. The highest BCUT2D eigenvalue weighted by atomic mass is 15.1. The summed E-state index contributed by atoms with van der Waals surface area (Å²) in [5, 5.41) is 3.50. The maximum atomic E-state index is 3.50. The molecule has 2 aliphatic rings. The van der Waals surface area contributed by atoms with E-state index in [1.165, 1.54) is 64.7 Å². The van der Waals surface area contributed by atoms with Crippen molar-refractivity contribution in [2.24, 2.45) is 17.8 Å². The van der Waals surface area contributed by atoms with Crippen LogP contribution in [0.1, 0.15) is 52.4 Å². The molecule has 0 radical (unpaired) electrons. The Balaban J connectivity index is 1.61. The summed E-state index contributed by atoms with van der Waals surface area (Å²) in [4.78, 5) is 2.74. The summed E-state index contributed by atoms with van der Waals surface area (Å²) in [6.45, 7) is 11.1. The third kappa shape index (κ3) is 4.55. The number of likely N-dealkylation sites (tertiary alicyclic amines) is 1. The fourth-order valence-electron chi connectivity index (χ4n) is 3.60. The Hall–Kier alpha value is -0.0800. The topological polar surface area (TPSA) is 15.3 Å². The van der Waals surface area contributed by atoms with E-state index < -0.39 is 0 Å². The Morgan fingerprint density at radius 2 is 1.61 bits per heavy atom. The van der Waals surface area contributed by atoms with E-state index in [4.69, 9.17) is 0 Å². The highest BCUT2D eigenvalue weighted by Gasteiger charge is 2.23. The molecular weight excluding hydrogens is 220 g/mol. The zero-order valence-electron chi connectivity index (χ0n) is 12.5. The predicted molar refractivity (Wildman–Crippen MR) is 78.8 cm³/mol. The standard InChI is InChI=1S/C16H32N2/c1-3-17-12-15-8-10-18(11-9-15)13-16-6-4-14(2)5-7-16/h14-17H,3-13H2,1-2H3. The third-order valence-corrected chi connectivity index (χ3v) is 5.04. The molecule has 1 heterocycles. The van der Waals surface area contributed by atoms with Crippen LogP contribution in [0.3, 0.4) is 0 Å². The van der Waals surface area contributed by atoms with Gasteiger partial charge in [-0.3, -0.25) is 0 Å². The zero-order chi connectivity index (χ0) is 12.8. The molecule has 1 saturated heterocycles. The van der Waals surface area contributed by atoms with E-state index in [2.05, 4.69) is 24.1 Å². The summed E-state index contributed by atoms with van der Waals surface area (Å²) in [6.07, 6.45) is 8.74. The second-order valence-electron chi connectivity index (χ2n) is 6.68. The van der Waals surface area contributed by atoms with E-state index in [1.54, 1.807) is 0 Å². The monoisotopic (exact) mass is 252 g/mol. The molecule has 0 amide bonds. The molecule has 0 aromatic carbocycles. The first-order chi connectivity index (χ1) is 8.78. The second-order valence-corrected chi connectivity index (χ2v) is 6.68. The molecule has 1 saturated carbocycles. The van der Waals surface area contributed by atoms with E-state index >= 15 is 0 Å². The van der Waals surface area contributed by atoms with Gasteiger partial charge in [-0.1, -0.05) is 26.7 Å². The number of nitrogens with one attached hydrogen (secondary N) is 1. The molecule has 0 atom stereocenters. The highest BCUT2D eigenvalue weighted by Crippen LogP contribution is 2.29. The lowest BCUT2D eigenvalue weighted by Gasteiger charge is -2.36. The van der Waals surface area contributed by atoms with Crippen LogP contribution >= 0.6 is 0 Å². The van der Waals surface area contributed by atoms with Gasteiger partial charge in [0.25, 0.3) is 0 Å². The normalized spacial score (nSPS) is 31.7. The lowest BCUT2D eigenvalue weighted by molar-refractivity contribution is 0.137. The summed E-state index contributed by atoms with van der Waals surface area (Å²) in [5.74, 6) is 2.94. The first-order valence-electron chi connectivity index (χ1n) is 8.21. The van der Waals surface area contributed by atoms with E-state index in [1.807, 2.05) is 0 Å². The minimum Gasteiger partial charge on any atom is -0.317 e. The van der Waals surface area contributed by atoms with E-state index in [0.717, 1.165) is 24.3 Å². The average molecular weight is 252 g/mol. The van der Waals surface area contributed by atoms with Gasteiger partial charge in [0.2, 0.25) is 0 Å². The van der Waals surface area contributed by atoms with Crippen molar-refractivity contribution < 1.29 is 0 Å². The first kappa shape index (κ1) is 14.3. The quantitative estimate of drug-likeness (QED) is 0.808. The van der Waals surface area contributed by atoms with Crippen LogP contribution in [0.5, 0.6) is 0 Å². The van der Waals surface area contributed by atoms with Crippen LogP contribution in [0.15, 0.2) is 0 Å². The minimum absolute atomic E-state index is 0.938. The summed E-state index contributed by atoms with van der Waals surface area (Å²) < 4.78 is 0. The van der Waals surface area contributed by atoms with E-state index in [-0.39, 0.29) is 0 Å². The van der Waals surface area contributed by atoms with Gasteiger partial charge >= 0.3 is 0 Å². The second kappa shape index (κ2) is 7.49.